The Hall–Kier alpha value is -1.90. The molecule has 0 spiro atoms. The van der Waals surface area contributed by atoms with E-state index in [9.17, 15) is 13.2 Å². The van der Waals surface area contributed by atoms with Crippen molar-refractivity contribution in [2.45, 2.75) is 6.42 Å². The first-order valence-electron chi connectivity index (χ1n) is 8.55. The van der Waals surface area contributed by atoms with Gasteiger partial charge in [0.2, 0.25) is 10.0 Å². The number of piperazine rings is 1. The summed E-state index contributed by atoms with van der Waals surface area (Å²) in [6, 6.07) is 14.0. The molecule has 1 aromatic carbocycles. The molecule has 140 valence electrons. The number of benzene rings is 1. The quantitative estimate of drug-likeness (QED) is 0.813. The van der Waals surface area contributed by atoms with Crippen LogP contribution >= 0.6 is 11.3 Å². The number of thiophene rings is 1. The molecule has 2 heterocycles. The van der Waals surface area contributed by atoms with E-state index in [1.165, 1.54) is 17.0 Å². The number of carbonyl (C=O) groups excluding carboxylic acids is 1. The predicted octanol–water partition coefficient (Wildman–Crippen LogP) is 1.80. The number of sulfonamides is 1. The number of nitrogens with zero attached hydrogens (tertiary/aromatic N) is 2. The van der Waals surface area contributed by atoms with Gasteiger partial charge in [0.25, 0.3) is 5.91 Å². The highest BCUT2D eigenvalue weighted by molar-refractivity contribution is 7.88. The molecule has 1 aromatic heterocycles. The van der Waals surface area contributed by atoms with Crippen molar-refractivity contribution in [1.82, 2.24) is 9.62 Å². The van der Waals surface area contributed by atoms with Crippen molar-refractivity contribution in [3.05, 3.63) is 52.2 Å². The van der Waals surface area contributed by atoms with Crippen LogP contribution in [0.3, 0.4) is 0 Å². The van der Waals surface area contributed by atoms with Gasteiger partial charge in [-0.05, 0) is 30.7 Å². The monoisotopic (exact) mass is 393 g/mol. The second kappa shape index (κ2) is 8.20. The number of amides is 1. The maximum absolute atomic E-state index is 12.7. The third kappa shape index (κ3) is 5.06. The summed E-state index contributed by atoms with van der Waals surface area (Å²) in [5, 5.41) is 0. The fraction of sp³-hybridized carbons (Fsp3) is 0.389. The number of anilines is 1. The zero-order valence-electron chi connectivity index (χ0n) is 14.7. The lowest BCUT2D eigenvalue weighted by molar-refractivity contribution is 0.0751. The van der Waals surface area contributed by atoms with Crippen LogP contribution in [-0.2, 0) is 16.4 Å². The number of nitrogens with one attached hydrogen (secondary N) is 1. The number of carbonyl (C=O) groups is 1. The van der Waals surface area contributed by atoms with E-state index in [1.54, 1.807) is 0 Å². The first-order chi connectivity index (χ1) is 12.4. The molecule has 0 atom stereocenters. The maximum atomic E-state index is 12.7. The van der Waals surface area contributed by atoms with E-state index in [4.69, 9.17) is 0 Å². The van der Waals surface area contributed by atoms with Crippen molar-refractivity contribution in [3.63, 3.8) is 0 Å². The molecule has 1 fully saturated rings. The Kier molecular flexibility index (Phi) is 5.95. The molecule has 2 aromatic rings. The zero-order chi connectivity index (χ0) is 18.6. The van der Waals surface area contributed by atoms with Crippen molar-refractivity contribution < 1.29 is 13.2 Å². The minimum Gasteiger partial charge on any atom is -0.368 e. The lowest BCUT2D eigenvalue weighted by atomic mass is 10.2. The van der Waals surface area contributed by atoms with Gasteiger partial charge in [-0.2, -0.15) is 0 Å². The van der Waals surface area contributed by atoms with Crippen molar-refractivity contribution in [2.24, 2.45) is 0 Å². The van der Waals surface area contributed by atoms with E-state index in [0.29, 0.717) is 30.9 Å². The molecular formula is C18H23N3O3S2. The summed E-state index contributed by atoms with van der Waals surface area (Å²) in [6.45, 7) is 3.41. The van der Waals surface area contributed by atoms with Crippen molar-refractivity contribution in [3.8, 4) is 0 Å². The topological polar surface area (TPSA) is 69.7 Å². The molecule has 1 N–H and O–H groups in total. The van der Waals surface area contributed by atoms with E-state index >= 15 is 0 Å². The lowest BCUT2D eigenvalue weighted by Gasteiger charge is -2.36. The van der Waals surface area contributed by atoms with Crippen LogP contribution < -0.4 is 9.62 Å². The normalized spacial score (nSPS) is 15.3. The van der Waals surface area contributed by atoms with Crippen LogP contribution in [0.1, 0.15) is 14.5 Å². The molecule has 1 aliphatic rings. The Morgan fingerprint density at radius 2 is 1.77 bits per heavy atom. The molecule has 0 aliphatic carbocycles. The Labute approximate surface area is 158 Å². The van der Waals surface area contributed by atoms with Gasteiger partial charge in [-0.3, -0.25) is 4.79 Å². The molecule has 0 saturated carbocycles. The molecule has 1 amide bonds. The number of rotatable bonds is 6. The average molecular weight is 394 g/mol. The Morgan fingerprint density at radius 1 is 1.08 bits per heavy atom. The summed E-state index contributed by atoms with van der Waals surface area (Å²) >= 11 is 1.44. The molecule has 26 heavy (non-hydrogen) atoms. The van der Waals surface area contributed by atoms with Crippen molar-refractivity contribution in [1.29, 1.82) is 0 Å². The molecule has 3 rings (SSSR count). The molecule has 1 aliphatic heterocycles. The second-order valence-electron chi connectivity index (χ2n) is 6.30. The summed E-state index contributed by atoms with van der Waals surface area (Å²) in [5.41, 5.74) is 1.19. The third-order valence-corrected chi connectivity index (χ3v) is 6.16. The van der Waals surface area contributed by atoms with Gasteiger partial charge in [-0.25, -0.2) is 13.1 Å². The van der Waals surface area contributed by atoms with Gasteiger partial charge in [0, 0.05) is 43.3 Å². The average Bonchev–Trinajstić information content (AvgIpc) is 3.10. The first-order valence-corrected chi connectivity index (χ1v) is 11.3. The van der Waals surface area contributed by atoms with Crippen LogP contribution in [0, 0.1) is 0 Å². The Bertz CT molecular complexity index is 842. The highest BCUT2D eigenvalue weighted by Crippen LogP contribution is 2.21. The Balaban J connectivity index is 1.52. The molecule has 0 radical (unpaired) electrons. The van der Waals surface area contributed by atoms with Gasteiger partial charge in [-0.15, -0.1) is 11.3 Å². The maximum Gasteiger partial charge on any atom is 0.264 e. The van der Waals surface area contributed by atoms with Gasteiger partial charge in [0.1, 0.15) is 0 Å². The van der Waals surface area contributed by atoms with Crippen molar-refractivity contribution in [2.75, 3.05) is 43.9 Å². The number of hydrogen-bond donors (Lipinski definition) is 1. The lowest BCUT2D eigenvalue weighted by Crippen LogP contribution is -2.48. The zero-order valence-corrected chi connectivity index (χ0v) is 16.4. The minimum absolute atomic E-state index is 0.0602. The highest BCUT2D eigenvalue weighted by Gasteiger charge is 2.23. The molecule has 0 unspecified atom stereocenters. The Morgan fingerprint density at radius 3 is 2.42 bits per heavy atom. The molecule has 1 saturated heterocycles. The van der Waals surface area contributed by atoms with E-state index in [-0.39, 0.29) is 5.91 Å². The summed E-state index contributed by atoms with van der Waals surface area (Å²) in [5.74, 6) is 0.0602. The third-order valence-electron chi connectivity index (χ3n) is 4.30. The SMILES string of the molecule is CS(=O)(=O)NCCc1ccc(C(=O)N2CCN(c3ccccc3)CC2)s1. The van der Waals surface area contributed by atoms with Crippen LogP contribution in [-0.4, -0.2) is 58.2 Å². The minimum atomic E-state index is -3.17. The van der Waals surface area contributed by atoms with E-state index in [2.05, 4.69) is 21.8 Å². The van der Waals surface area contributed by atoms with Gasteiger partial charge < -0.3 is 9.80 Å². The van der Waals surface area contributed by atoms with Gasteiger partial charge in [0.15, 0.2) is 0 Å². The summed E-state index contributed by atoms with van der Waals surface area (Å²) in [6.07, 6.45) is 1.73. The number of hydrogen-bond acceptors (Lipinski definition) is 5. The fourth-order valence-corrected chi connectivity index (χ4v) is 4.40. The van der Waals surface area contributed by atoms with Crippen LogP contribution in [0.4, 0.5) is 5.69 Å². The van der Waals surface area contributed by atoms with Crippen LogP contribution in [0.5, 0.6) is 0 Å². The highest BCUT2D eigenvalue weighted by atomic mass is 32.2. The van der Waals surface area contributed by atoms with E-state index < -0.39 is 10.0 Å². The van der Waals surface area contributed by atoms with Gasteiger partial charge in [0.05, 0.1) is 11.1 Å². The van der Waals surface area contributed by atoms with Crippen LogP contribution in [0.2, 0.25) is 0 Å². The fourth-order valence-electron chi connectivity index (χ4n) is 2.95. The molecule has 8 heteroatoms. The summed E-state index contributed by atoms with van der Waals surface area (Å²) in [4.78, 5) is 18.6. The molecular weight excluding hydrogens is 370 g/mol. The van der Waals surface area contributed by atoms with Gasteiger partial charge in [-0.1, -0.05) is 18.2 Å². The van der Waals surface area contributed by atoms with Gasteiger partial charge >= 0.3 is 0 Å². The molecule has 6 nitrogen and oxygen atoms in total. The van der Waals surface area contributed by atoms with E-state index in [1.807, 2.05) is 35.2 Å². The smallest absolute Gasteiger partial charge is 0.264 e. The van der Waals surface area contributed by atoms with Crippen molar-refractivity contribution >= 4 is 33.0 Å². The predicted molar refractivity (Wildman–Crippen MR) is 105 cm³/mol. The summed E-state index contributed by atoms with van der Waals surface area (Å²) < 4.78 is 24.7. The second-order valence-corrected chi connectivity index (χ2v) is 9.30. The first kappa shape index (κ1) is 18.9. The van der Waals surface area contributed by atoms with Crippen LogP contribution in [0.25, 0.3) is 0 Å². The van der Waals surface area contributed by atoms with E-state index in [0.717, 1.165) is 24.2 Å². The molecule has 0 bridgehead atoms. The summed E-state index contributed by atoms with van der Waals surface area (Å²) in [7, 11) is -3.17. The number of para-hydroxylation sites is 1. The largest absolute Gasteiger partial charge is 0.368 e. The standard InChI is InChI=1S/C18H23N3O3S2/c1-26(23,24)19-10-9-16-7-8-17(25-16)18(22)21-13-11-20(12-14-21)15-5-3-2-4-6-15/h2-8,19H,9-14H2,1H3. The van der Waals surface area contributed by atoms with Crippen LogP contribution in [0.15, 0.2) is 42.5 Å².